The lowest BCUT2D eigenvalue weighted by molar-refractivity contribution is -0.0707. The average Bonchev–Trinajstić information content (AvgIpc) is 3.01. The molecular weight excluding hydrogens is 326 g/mol. The molecule has 3 heterocycles. The second-order valence-electron chi connectivity index (χ2n) is 5.62. The molecule has 1 aromatic heterocycles. The van der Waals surface area contributed by atoms with Crippen LogP contribution in [0.2, 0.25) is 0 Å². The molecule has 2 aliphatic heterocycles. The largest absolute Gasteiger partial charge is 0.479 e. The van der Waals surface area contributed by atoms with Gasteiger partial charge in [-0.1, -0.05) is 0 Å². The van der Waals surface area contributed by atoms with Gasteiger partial charge in [0.1, 0.15) is 0 Å². The number of hydrogen-bond donors (Lipinski definition) is 0. The lowest BCUT2D eigenvalue weighted by atomic mass is 10.0. The van der Waals surface area contributed by atoms with E-state index in [1.165, 1.54) is 23.7 Å². The van der Waals surface area contributed by atoms with Crippen LogP contribution in [-0.2, 0) is 14.8 Å². The van der Waals surface area contributed by atoms with Gasteiger partial charge < -0.3 is 18.9 Å². The number of aromatic nitrogens is 1. The van der Waals surface area contributed by atoms with Crippen LogP contribution in [-0.4, -0.2) is 80.4 Å². The highest BCUT2D eigenvalue weighted by Gasteiger charge is 2.42. The maximum absolute atomic E-state index is 12.5. The first-order valence-electron chi connectivity index (χ1n) is 7.28. The van der Waals surface area contributed by atoms with Crippen molar-refractivity contribution < 1.29 is 27.2 Å². The molecule has 2 aliphatic rings. The number of nitrogens with zero attached hydrogens (tertiary/aromatic N) is 3. The van der Waals surface area contributed by atoms with Crippen LogP contribution >= 0.6 is 0 Å². The van der Waals surface area contributed by atoms with Crippen LogP contribution in [0.1, 0.15) is 17.0 Å². The molecule has 0 bridgehead atoms. The highest BCUT2D eigenvalue weighted by Crippen LogP contribution is 2.26. The molecule has 128 valence electrons. The summed E-state index contributed by atoms with van der Waals surface area (Å²) in [4.78, 5) is 14.1. The van der Waals surface area contributed by atoms with Crippen molar-refractivity contribution in [1.29, 1.82) is 0 Å². The number of amides is 1. The second kappa shape index (κ2) is 6.10. The predicted octanol–water partition coefficient (Wildman–Crippen LogP) is -0.442. The van der Waals surface area contributed by atoms with E-state index in [-0.39, 0.29) is 36.2 Å². The van der Waals surface area contributed by atoms with E-state index < -0.39 is 10.0 Å². The van der Waals surface area contributed by atoms with Gasteiger partial charge in [-0.2, -0.15) is 4.31 Å². The van der Waals surface area contributed by atoms with Gasteiger partial charge in [0.2, 0.25) is 15.8 Å². The number of carbonyl (C=O) groups is 1. The van der Waals surface area contributed by atoms with Crippen LogP contribution < -0.4 is 4.74 Å². The van der Waals surface area contributed by atoms with E-state index in [2.05, 4.69) is 5.16 Å². The van der Waals surface area contributed by atoms with Gasteiger partial charge in [0.05, 0.1) is 38.2 Å². The van der Waals surface area contributed by atoms with Crippen molar-refractivity contribution in [3.8, 4) is 5.88 Å². The second-order valence-corrected chi connectivity index (χ2v) is 7.56. The summed E-state index contributed by atoms with van der Waals surface area (Å²) < 4.78 is 40.9. The van der Waals surface area contributed by atoms with E-state index in [9.17, 15) is 13.2 Å². The molecule has 1 amide bonds. The van der Waals surface area contributed by atoms with Crippen molar-refractivity contribution in [1.82, 2.24) is 14.4 Å². The number of carbonyl (C=O) groups excluding carboxylic acids is 1. The van der Waals surface area contributed by atoms with E-state index in [4.69, 9.17) is 14.0 Å². The van der Waals surface area contributed by atoms with Crippen LogP contribution in [0.5, 0.6) is 5.88 Å². The summed E-state index contributed by atoms with van der Waals surface area (Å²) in [6.45, 7) is 1.42. The molecule has 10 heteroatoms. The van der Waals surface area contributed by atoms with E-state index >= 15 is 0 Å². The average molecular weight is 345 g/mol. The number of fused-ring (bicyclic) bond motifs is 1. The van der Waals surface area contributed by atoms with Gasteiger partial charge in [-0.3, -0.25) is 4.79 Å². The summed E-state index contributed by atoms with van der Waals surface area (Å²) in [6, 6.07) is 1.04. The van der Waals surface area contributed by atoms with Gasteiger partial charge in [-0.05, 0) is 11.6 Å². The molecule has 0 radical (unpaired) electrons. The Morgan fingerprint density at radius 3 is 2.87 bits per heavy atom. The van der Waals surface area contributed by atoms with Crippen molar-refractivity contribution in [2.75, 3.05) is 39.6 Å². The molecule has 23 heavy (non-hydrogen) atoms. The van der Waals surface area contributed by atoms with E-state index in [1.54, 1.807) is 4.90 Å². The highest BCUT2D eigenvalue weighted by atomic mass is 32.2. The summed E-state index contributed by atoms with van der Waals surface area (Å²) in [5.41, 5.74) is 0. The van der Waals surface area contributed by atoms with Crippen molar-refractivity contribution in [3.05, 3.63) is 11.8 Å². The van der Waals surface area contributed by atoms with Crippen LogP contribution in [0, 0.1) is 0 Å². The van der Waals surface area contributed by atoms with Gasteiger partial charge in [0.15, 0.2) is 0 Å². The van der Waals surface area contributed by atoms with Crippen LogP contribution in [0.15, 0.2) is 10.6 Å². The zero-order chi connectivity index (χ0) is 16.6. The molecule has 2 saturated heterocycles. The summed E-state index contributed by atoms with van der Waals surface area (Å²) >= 11 is 0. The molecule has 0 unspecified atom stereocenters. The Morgan fingerprint density at radius 1 is 1.43 bits per heavy atom. The molecule has 0 saturated carbocycles. The Kier molecular flexibility index (Phi) is 4.30. The molecule has 2 atom stereocenters. The number of sulfonamides is 1. The predicted molar refractivity (Wildman–Crippen MR) is 78.7 cm³/mol. The standard InChI is InChI=1S/C13H19N3O6S/c1-20-12-7-11(22-14-12)13(17)15-4-3-10-9(8-15)16(5-6-21-10)23(2,18)19/h7,9-10H,3-6,8H2,1-2H3/t9-,10-/m0/s1. The first kappa shape index (κ1) is 16.2. The molecule has 1 aromatic rings. The summed E-state index contributed by atoms with van der Waals surface area (Å²) in [7, 11) is -1.92. The third-order valence-corrected chi connectivity index (χ3v) is 5.46. The number of likely N-dealkylation sites (tertiary alicyclic amines) is 1. The Morgan fingerprint density at radius 2 is 2.22 bits per heavy atom. The third kappa shape index (κ3) is 3.19. The molecular formula is C13H19N3O6S. The molecule has 3 rings (SSSR count). The number of rotatable bonds is 3. The Hall–Kier alpha value is -1.65. The van der Waals surface area contributed by atoms with Crippen LogP contribution in [0.25, 0.3) is 0 Å². The van der Waals surface area contributed by atoms with E-state index in [0.717, 1.165) is 0 Å². The van der Waals surface area contributed by atoms with Crippen LogP contribution in [0.3, 0.4) is 0 Å². The topological polar surface area (TPSA) is 102 Å². The van der Waals surface area contributed by atoms with Gasteiger partial charge >= 0.3 is 0 Å². The minimum atomic E-state index is -3.35. The fourth-order valence-electron chi connectivity index (χ4n) is 3.05. The minimum absolute atomic E-state index is 0.0722. The number of hydrogen-bond acceptors (Lipinski definition) is 7. The fraction of sp³-hybridized carbons (Fsp3) is 0.692. The normalized spacial score (nSPS) is 25.9. The number of ether oxygens (including phenoxy) is 2. The number of morpholine rings is 1. The van der Waals surface area contributed by atoms with E-state index in [1.807, 2.05) is 0 Å². The quantitative estimate of drug-likeness (QED) is 0.731. The monoisotopic (exact) mass is 345 g/mol. The van der Waals surface area contributed by atoms with Gasteiger partial charge in [0.25, 0.3) is 11.8 Å². The Balaban J connectivity index is 1.77. The first-order chi connectivity index (χ1) is 10.9. The molecule has 2 fully saturated rings. The summed E-state index contributed by atoms with van der Waals surface area (Å²) in [6.07, 6.45) is 1.57. The Bertz CT molecular complexity index is 688. The lowest BCUT2D eigenvalue weighted by Crippen LogP contribution is -2.61. The minimum Gasteiger partial charge on any atom is -0.479 e. The van der Waals surface area contributed by atoms with Crippen molar-refractivity contribution in [3.63, 3.8) is 0 Å². The zero-order valence-electron chi connectivity index (χ0n) is 13.0. The highest BCUT2D eigenvalue weighted by molar-refractivity contribution is 7.88. The summed E-state index contributed by atoms with van der Waals surface area (Å²) in [5.74, 6) is -0.0387. The lowest BCUT2D eigenvalue weighted by Gasteiger charge is -2.45. The molecule has 0 N–H and O–H groups in total. The van der Waals surface area contributed by atoms with Crippen molar-refractivity contribution >= 4 is 15.9 Å². The van der Waals surface area contributed by atoms with Crippen LogP contribution in [0.4, 0.5) is 0 Å². The van der Waals surface area contributed by atoms with Crippen molar-refractivity contribution in [2.45, 2.75) is 18.6 Å². The maximum Gasteiger partial charge on any atom is 0.292 e. The summed E-state index contributed by atoms with van der Waals surface area (Å²) in [5, 5.41) is 3.61. The molecule has 0 aromatic carbocycles. The van der Waals surface area contributed by atoms with Crippen molar-refractivity contribution in [2.24, 2.45) is 0 Å². The molecule has 0 spiro atoms. The fourth-order valence-corrected chi connectivity index (χ4v) is 4.15. The number of piperidine rings is 1. The molecule has 0 aliphatic carbocycles. The zero-order valence-corrected chi connectivity index (χ0v) is 13.8. The molecule has 9 nitrogen and oxygen atoms in total. The smallest absolute Gasteiger partial charge is 0.292 e. The third-order valence-electron chi connectivity index (χ3n) is 4.16. The first-order valence-corrected chi connectivity index (χ1v) is 9.13. The number of methoxy groups -OCH3 is 1. The van der Waals surface area contributed by atoms with Gasteiger partial charge in [0, 0.05) is 19.6 Å². The van der Waals surface area contributed by atoms with Gasteiger partial charge in [-0.25, -0.2) is 8.42 Å². The van der Waals surface area contributed by atoms with Gasteiger partial charge in [-0.15, -0.1) is 0 Å². The van der Waals surface area contributed by atoms with E-state index in [0.29, 0.717) is 26.1 Å². The maximum atomic E-state index is 12.5. The Labute approximate surface area is 134 Å². The SMILES string of the molecule is COc1cc(C(=O)N2CC[C@@H]3OCCN(S(C)(=O)=O)[C@H]3C2)on1.